The van der Waals surface area contributed by atoms with Crippen molar-refractivity contribution in [3.8, 4) is 0 Å². The number of carbonyl (C=O) groups excluding carboxylic acids is 1. The maximum atomic E-state index is 11.0. The second-order valence-electron chi connectivity index (χ2n) is 11.6. The molecule has 0 bridgehead atoms. The maximum absolute atomic E-state index is 11.0. The van der Waals surface area contributed by atoms with Crippen LogP contribution in [0, 0.1) is 29.6 Å². The number of fused-ring (bicyclic) bond motifs is 2. The van der Waals surface area contributed by atoms with Gasteiger partial charge >= 0.3 is 5.97 Å². The third-order valence-electron chi connectivity index (χ3n) is 9.25. The summed E-state index contributed by atoms with van der Waals surface area (Å²) < 4.78 is 5.12. The van der Waals surface area contributed by atoms with Crippen molar-refractivity contribution in [3.05, 3.63) is 70.3 Å². The fourth-order valence-electron chi connectivity index (χ4n) is 7.21. The van der Waals surface area contributed by atoms with Crippen molar-refractivity contribution in [2.45, 2.75) is 37.7 Å². The van der Waals surface area contributed by atoms with E-state index in [-0.39, 0.29) is 17.7 Å². The Kier molecular flexibility index (Phi) is 8.70. The minimum absolute atomic E-state index is 0.175. The second-order valence-corrected chi connectivity index (χ2v) is 13.0. The summed E-state index contributed by atoms with van der Waals surface area (Å²) in [7, 11) is 0. The number of alkyl halides is 2. The van der Waals surface area contributed by atoms with Crippen LogP contribution in [-0.2, 0) is 15.5 Å². The van der Waals surface area contributed by atoms with Gasteiger partial charge in [-0.05, 0) is 73.9 Å². The zero-order valence-electron chi connectivity index (χ0n) is 23.6. The summed E-state index contributed by atoms with van der Waals surface area (Å²) in [5.41, 5.74) is 8.24. The van der Waals surface area contributed by atoms with Crippen LogP contribution in [0.1, 0.15) is 31.5 Å². The number of carbonyl (C=O) groups is 1. The van der Waals surface area contributed by atoms with Gasteiger partial charge in [-0.1, -0.05) is 45.6 Å². The number of nitrogens with two attached hydrogens (primary N) is 1. The van der Waals surface area contributed by atoms with E-state index >= 15 is 0 Å². The molecule has 2 unspecified atom stereocenters. The molecular weight excluding hydrogens is 634 g/mol. The highest BCUT2D eigenvalue weighted by atomic mass is 35.5. The van der Waals surface area contributed by atoms with Gasteiger partial charge < -0.3 is 24.9 Å². The Labute approximate surface area is 270 Å². The first-order valence-corrected chi connectivity index (χ1v) is 16.1. The minimum Gasteiger partial charge on any atom is -0.384 e. The number of oxime groups is 1. The first-order valence-electron chi connectivity index (χ1n) is 14.2. The number of rotatable bonds is 7. The molecule has 228 valence electrons. The van der Waals surface area contributed by atoms with E-state index in [1.54, 1.807) is 0 Å². The lowest BCUT2D eigenvalue weighted by atomic mass is 10.1. The summed E-state index contributed by atoms with van der Waals surface area (Å²) in [6, 6.07) is 16.7. The summed E-state index contributed by atoms with van der Waals surface area (Å²) in [4.78, 5) is 24.8. The van der Waals surface area contributed by atoms with Crippen LogP contribution in [0.5, 0.6) is 0 Å². The van der Waals surface area contributed by atoms with Gasteiger partial charge in [0.15, 0.2) is 5.82 Å². The number of aromatic nitrogens is 2. The third kappa shape index (κ3) is 6.01. The predicted octanol–water partition coefficient (Wildman–Crippen LogP) is 6.17. The minimum atomic E-state index is -0.593. The SMILES string of the molecule is CC1[C@@H]2[C@H](CN1c1cccc(Cl)c1)[C@H]2/C(N)=N/OC(=O)CCl.CC1[C@@H]2[C@H](CN1c1cccc(Cl)c1)[C@H]2c1noc(CCl)n1. The van der Waals surface area contributed by atoms with Gasteiger partial charge in [0.1, 0.15) is 17.6 Å². The van der Waals surface area contributed by atoms with E-state index in [2.05, 4.69) is 55.9 Å². The maximum Gasteiger partial charge on any atom is 0.349 e. The Morgan fingerprint density at radius 2 is 1.60 bits per heavy atom. The van der Waals surface area contributed by atoms with Crippen LogP contribution in [0.25, 0.3) is 0 Å². The fraction of sp³-hybridized carbons (Fsp3) is 0.467. The number of hydrogen-bond donors (Lipinski definition) is 1. The van der Waals surface area contributed by atoms with Crippen molar-refractivity contribution in [3.63, 3.8) is 0 Å². The molecule has 43 heavy (non-hydrogen) atoms. The lowest BCUT2D eigenvalue weighted by Crippen LogP contribution is -2.35. The van der Waals surface area contributed by atoms with Crippen molar-refractivity contribution in [1.82, 2.24) is 10.1 Å². The molecule has 2 aromatic carbocycles. The van der Waals surface area contributed by atoms with Gasteiger partial charge in [-0.15, -0.1) is 23.2 Å². The molecule has 2 N–H and O–H groups in total. The average Bonchev–Trinajstić information content (AvgIpc) is 3.72. The highest BCUT2D eigenvalue weighted by molar-refractivity contribution is 6.31. The number of amidine groups is 1. The highest BCUT2D eigenvalue weighted by Crippen LogP contribution is 2.61. The Hall–Kier alpha value is -2.72. The Bertz CT molecular complexity index is 1520. The summed E-state index contributed by atoms with van der Waals surface area (Å²) >= 11 is 23.2. The lowest BCUT2D eigenvalue weighted by Gasteiger charge is -2.28. The van der Waals surface area contributed by atoms with Crippen molar-refractivity contribution >= 4 is 69.6 Å². The molecule has 8 atom stereocenters. The quantitative estimate of drug-likeness (QED) is 0.105. The van der Waals surface area contributed by atoms with Crippen LogP contribution in [-0.4, -0.2) is 53.0 Å². The van der Waals surface area contributed by atoms with Gasteiger partial charge in [0.25, 0.3) is 0 Å². The standard InChI is InChI=1S/C15H17Cl2N3O2.C15H15Cl2N3O/c1-8-13-11(14(13)15(18)19-22-12(21)6-16)7-20(8)10-4-2-3-9(17)5-10;1-8-13-11(14(13)15-18-12(6-16)21-19-15)7-20(8)10-4-2-3-9(17)5-10/h2-5,8,11,13-14H,6-7H2,1H3,(H2,18,19);2-5,8,11,13-14H,6-7H2,1H3/t2*8?,11-,13+,14+/m00/s1. The van der Waals surface area contributed by atoms with Crippen LogP contribution >= 0.6 is 46.4 Å². The molecule has 0 amide bonds. The smallest absolute Gasteiger partial charge is 0.349 e. The van der Waals surface area contributed by atoms with Crippen LogP contribution < -0.4 is 15.5 Å². The molecule has 0 spiro atoms. The van der Waals surface area contributed by atoms with Crippen LogP contribution in [0.2, 0.25) is 10.0 Å². The van der Waals surface area contributed by atoms with Gasteiger partial charge in [-0.25, -0.2) is 4.79 Å². The molecule has 2 saturated carbocycles. The van der Waals surface area contributed by atoms with Crippen LogP contribution in [0.4, 0.5) is 11.4 Å². The number of piperidine rings is 2. The molecule has 13 heteroatoms. The average molecular weight is 666 g/mol. The zero-order valence-corrected chi connectivity index (χ0v) is 26.6. The topological polar surface area (TPSA) is 110 Å². The molecule has 2 aliphatic carbocycles. The third-order valence-corrected chi connectivity index (χ3v) is 10.2. The van der Waals surface area contributed by atoms with Crippen molar-refractivity contribution < 1.29 is 14.2 Å². The molecule has 1 aromatic heterocycles. The summed E-state index contributed by atoms with van der Waals surface area (Å²) in [6.45, 7) is 6.34. The van der Waals surface area contributed by atoms with Crippen LogP contribution in [0.15, 0.2) is 58.2 Å². The van der Waals surface area contributed by atoms with Crippen LogP contribution in [0.3, 0.4) is 0 Å². The number of hydrogen-bond acceptors (Lipinski definition) is 8. The van der Waals surface area contributed by atoms with E-state index in [9.17, 15) is 4.79 Å². The molecule has 2 saturated heterocycles. The molecule has 3 heterocycles. The number of halogens is 4. The zero-order chi connectivity index (χ0) is 30.4. The van der Waals surface area contributed by atoms with Crippen molar-refractivity contribution in [1.29, 1.82) is 0 Å². The Morgan fingerprint density at radius 3 is 2.07 bits per heavy atom. The van der Waals surface area contributed by atoms with Gasteiger partial charge in [0.05, 0.1) is 0 Å². The van der Waals surface area contributed by atoms with Crippen molar-refractivity contribution in [2.75, 3.05) is 28.8 Å². The van der Waals surface area contributed by atoms with E-state index in [0.29, 0.717) is 53.4 Å². The van der Waals surface area contributed by atoms with Gasteiger partial charge in [0.2, 0.25) is 5.89 Å². The van der Waals surface area contributed by atoms with E-state index < -0.39 is 5.97 Å². The Balaban J connectivity index is 0.000000153. The van der Waals surface area contributed by atoms with E-state index in [1.807, 2.05) is 36.4 Å². The van der Waals surface area contributed by atoms with E-state index in [4.69, 9.17) is 56.7 Å². The Morgan fingerprint density at radius 1 is 1.00 bits per heavy atom. The van der Waals surface area contributed by atoms with E-state index in [1.165, 1.54) is 5.69 Å². The number of benzene rings is 2. The van der Waals surface area contributed by atoms with Gasteiger partial charge in [-0.3, -0.25) is 0 Å². The number of anilines is 2. The molecule has 7 rings (SSSR count). The molecule has 9 nitrogen and oxygen atoms in total. The van der Waals surface area contributed by atoms with Gasteiger partial charge in [-0.2, -0.15) is 4.98 Å². The molecule has 4 fully saturated rings. The van der Waals surface area contributed by atoms with Crippen molar-refractivity contribution in [2.24, 2.45) is 40.5 Å². The first-order chi connectivity index (χ1) is 20.7. The highest BCUT2D eigenvalue weighted by Gasteiger charge is 2.63. The summed E-state index contributed by atoms with van der Waals surface area (Å²) in [6.07, 6.45) is 0. The molecule has 2 aliphatic heterocycles. The number of nitrogens with zero attached hydrogens (tertiary/aromatic N) is 5. The molecular formula is C30H32Cl4N6O3. The fourth-order valence-corrected chi connectivity index (χ4v) is 7.73. The molecule has 3 aromatic rings. The normalized spacial score (nSPS) is 30.3. The first kappa shape index (κ1) is 30.3. The largest absolute Gasteiger partial charge is 0.384 e. The second kappa shape index (κ2) is 12.3. The predicted molar refractivity (Wildman–Crippen MR) is 169 cm³/mol. The summed E-state index contributed by atoms with van der Waals surface area (Å²) in [5, 5.41) is 9.29. The van der Waals surface area contributed by atoms with Gasteiger partial charge in [0, 0.05) is 58.4 Å². The molecule has 4 aliphatic rings. The summed E-state index contributed by atoms with van der Waals surface area (Å²) in [5.74, 6) is 3.80. The monoisotopic (exact) mass is 664 g/mol. The van der Waals surface area contributed by atoms with E-state index in [0.717, 1.165) is 34.6 Å². The molecule has 0 radical (unpaired) electrons. The lowest BCUT2D eigenvalue weighted by molar-refractivity contribution is -0.140.